The Labute approximate surface area is 99.8 Å². The van der Waals surface area contributed by atoms with E-state index in [2.05, 4.69) is 0 Å². The number of ether oxygens (including phenoxy) is 1. The van der Waals surface area contributed by atoms with Crippen molar-refractivity contribution in [3.8, 4) is 17.6 Å². The van der Waals surface area contributed by atoms with Gasteiger partial charge < -0.3 is 14.7 Å². The molecule has 0 heterocycles. The Hall–Kier alpha value is -2.22. The average molecular weight is 234 g/mol. The molecule has 0 aromatic heterocycles. The van der Waals surface area contributed by atoms with E-state index < -0.39 is 0 Å². The summed E-state index contributed by atoms with van der Waals surface area (Å²) in [6, 6.07) is 6.68. The Morgan fingerprint density at radius 3 is 2.88 bits per heavy atom. The van der Waals surface area contributed by atoms with E-state index in [0.29, 0.717) is 6.54 Å². The maximum atomic E-state index is 11.9. The van der Waals surface area contributed by atoms with Gasteiger partial charge in [-0.05, 0) is 12.1 Å². The Bertz CT molecular complexity index is 452. The van der Waals surface area contributed by atoms with Crippen LogP contribution < -0.4 is 4.74 Å². The highest BCUT2D eigenvalue weighted by Gasteiger charge is 2.17. The van der Waals surface area contributed by atoms with Gasteiger partial charge in [0.2, 0.25) is 0 Å². The highest BCUT2D eigenvalue weighted by molar-refractivity contribution is 5.97. The molecule has 1 aromatic carbocycles. The fourth-order valence-corrected chi connectivity index (χ4v) is 1.38. The molecule has 90 valence electrons. The van der Waals surface area contributed by atoms with Crippen LogP contribution >= 0.6 is 0 Å². The van der Waals surface area contributed by atoms with Gasteiger partial charge in [0.15, 0.2) is 11.5 Å². The Morgan fingerprint density at radius 1 is 1.59 bits per heavy atom. The molecular formula is C12H14N2O3. The van der Waals surface area contributed by atoms with Gasteiger partial charge in [-0.3, -0.25) is 4.79 Å². The molecule has 0 aliphatic rings. The molecule has 0 atom stereocenters. The first kappa shape index (κ1) is 12.8. The number of phenolic OH excluding ortho intramolecular Hbond substituents is 1. The van der Waals surface area contributed by atoms with E-state index >= 15 is 0 Å². The second-order valence-electron chi connectivity index (χ2n) is 3.49. The first-order valence-electron chi connectivity index (χ1n) is 5.10. The number of hydrogen-bond acceptors (Lipinski definition) is 4. The van der Waals surface area contributed by atoms with Gasteiger partial charge in [0.05, 0.1) is 25.2 Å². The molecule has 0 radical (unpaired) electrons. The molecule has 0 aliphatic heterocycles. The number of carbonyl (C=O) groups is 1. The zero-order valence-electron chi connectivity index (χ0n) is 9.80. The number of aromatic hydroxyl groups is 1. The monoisotopic (exact) mass is 234 g/mol. The molecule has 1 aromatic rings. The maximum Gasteiger partial charge on any atom is 0.257 e. The largest absolute Gasteiger partial charge is 0.504 e. The van der Waals surface area contributed by atoms with E-state index in [1.807, 2.05) is 6.07 Å². The first-order chi connectivity index (χ1) is 8.11. The standard InChI is InChI=1S/C12H14N2O3/c1-14(8-4-7-13)12(16)9-5-3-6-10(17-2)11(9)15/h3,5-6,15H,4,8H2,1-2H3. The van der Waals surface area contributed by atoms with Crippen molar-refractivity contribution in [1.29, 1.82) is 5.26 Å². The lowest BCUT2D eigenvalue weighted by Gasteiger charge is -2.16. The SMILES string of the molecule is COc1cccc(C(=O)N(C)CCC#N)c1O. The molecule has 17 heavy (non-hydrogen) atoms. The summed E-state index contributed by atoms with van der Waals surface area (Å²) in [5.74, 6) is -0.259. The van der Waals surface area contributed by atoms with Gasteiger partial charge in [-0.1, -0.05) is 6.07 Å². The molecular weight excluding hydrogens is 220 g/mol. The number of para-hydroxylation sites is 1. The van der Waals surface area contributed by atoms with Crippen LogP contribution in [0.15, 0.2) is 18.2 Å². The van der Waals surface area contributed by atoms with Crippen molar-refractivity contribution in [2.24, 2.45) is 0 Å². The van der Waals surface area contributed by atoms with Crippen molar-refractivity contribution in [1.82, 2.24) is 4.90 Å². The van der Waals surface area contributed by atoms with Crippen LogP contribution in [-0.2, 0) is 0 Å². The van der Waals surface area contributed by atoms with Crippen LogP contribution in [0.5, 0.6) is 11.5 Å². The van der Waals surface area contributed by atoms with Gasteiger partial charge in [0, 0.05) is 13.6 Å². The highest BCUT2D eigenvalue weighted by atomic mass is 16.5. The molecule has 1 amide bonds. The zero-order chi connectivity index (χ0) is 12.8. The molecule has 5 heteroatoms. The van der Waals surface area contributed by atoms with Crippen LogP contribution in [0.25, 0.3) is 0 Å². The smallest absolute Gasteiger partial charge is 0.257 e. The second kappa shape index (κ2) is 5.75. The third kappa shape index (κ3) is 2.88. The molecule has 1 rings (SSSR count). The molecule has 5 nitrogen and oxygen atoms in total. The van der Waals surface area contributed by atoms with Crippen molar-refractivity contribution in [2.45, 2.75) is 6.42 Å². The minimum absolute atomic E-state index is 0.171. The average Bonchev–Trinajstić information content (AvgIpc) is 2.35. The summed E-state index contributed by atoms with van der Waals surface area (Å²) in [5, 5.41) is 18.2. The van der Waals surface area contributed by atoms with E-state index in [4.69, 9.17) is 10.00 Å². The quantitative estimate of drug-likeness (QED) is 0.854. The number of phenols is 1. The molecule has 0 fully saturated rings. The second-order valence-corrected chi connectivity index (χ2v) is 3.49. The fourth-order valence-electron chi connectivity index (χ4n) is 1.38. The van der Waals surface area contributed by atoms with E-state index in [-0.39, 0.29) is 29.4 Å². The van der Waals surface area contributed by atoms with E-state index in [0.717, 1.165) is 0 Å². The molecule has 0 aliphatic carbocycles. The highest BCUT2D eigenvalue weighted by Crippen LogP contribution is 2.29. The third-order valence-corrected chi connectivity index (χ3v) is 2.36. The molecule has 0 bridgehead atoms. The van der Waals surface area contributed by atoms with Gasteiger partial charge in [-0.15, -0.1) is 0 Å². The van der Waals surface area contributed by atoms with Crippen molar-refractivity contribution in [3.63, 3.8) is 0 Å². The summed E-state index contributed by atoms with van der Waals surface area (Å²) in [7, 11) is 3.00. The third-order valence-electron chi connectivity index (χ3n) is 2.36. The summed E-state index contributed by atoms with van der Waals surface area (Å²) in [5.41, 5.74) is 0.171. The molecule has 0 saturated carbocycles. The summed E-state index contributed by atoms with van der Waals surface area (Å²) in [4.78, 5) is 13.3. The minimum atomic E-state index is -0.336. The number of carbonyl (C=O) groups excluding carboxylic acids is 1. The van der Waals surface area contributed by atoms with Crippen LogP contribution in [-0.4, -0.2) is 36.6 Å². The van der Waals surface area contributed by atoms with Crippen molar-refractivity contribution in [3.05, 3.63) is 23.8 Å². The maximum absolute atomic E-state index is 11.9. The lowest BCUT2D eigenvalue weighted by molar-refractivity contribution is 0.0794. The van der Waals surface area contributed by atoms with Gasteiger partial charge in [0.25, 0.3) is 5.91 Å². The Morgan fingerprint density at radius 2 is 2.29 bits per heavy atom. The van der Waals surface area contributed by atoms with Crippen LogP contribution in [0, 0.1) is 11.3 Å². The van der Waals surface area contributed by atoms with Gasteiger partial charge >= 0.3 is 0 Å². The predicted molar refractivity (Wildman–Crippen MR) is 61.8 cm³/mol. The number of hydrogen-bond donors (Lipinski definition) is 1. The normalized spacial score (nSPS) is 9.47. The molecule has 1 N–H and O–H groups in total. The summed E-state index contributed by atoms with van der Waals surface area (Å²) < 4.78 is 4.92. The van der Waals surface area contributed by atoms with Gasteiger partial charge in [0.1, 0.15) is 0 Å². The predicted octanol–water partition coefficient (Wildman–Crippen LogP) is 1.39. The van der Waals surface area contributed by atoms with Gasteiger partial charge in [-0.25, -0.2) is 0 Å². The molecule has 0 spiro atoms. The molecule has 0 unspecified atom stereocenters. The van der Waals surface area contributed by atoms with E-state index in [1.54, 1.807) is 19.2 Å². The number of methoxy groups -OCH3 is 1. The lowest BCUT2D eigenvalue weighted by Crippen LogP contribution is -2.27. The number of amides is 1. The summed E-state index contributed by atoms with van der Waals surface area (Å²) in [6.07, 6.45) is 0.257. The lowest BCUT2D eigenvalue weighted by atomic mass is 10.1. The minimum Gasteiger partial charge on any atom is -0.504 e. The number of benzene rings is 1. The van der Waals surface area contributed by atoms with Gasteiger partial charge in [-0.2, -0.15) is 5.26 Å². The summed E-state index contributed by atoms with van der Waals surface area (Å²) >= 11 is 0. The van der Waals surface area contributed by atoms with Crippen molar-refractivity contribution >= 4 is 5.91 Å². The topological polar surface area (TPSA) is 73.6 Å². The van der Waals surface area contributed by atoms with Crippen molar-refractivity contribution < 1.29 is 14.6 Å². The fraction of sp³-hybridized carbons (Fsp3) is 0.333. The number of nitrogens with zero attached hydrogens (tertiary/aromatic N) is 2. The number of rotatable bonds is 4. The van der Waals surface area contributed by atoms with E-state index in [1.165, 1.54) is 18.1 Å². The van der Waals surface area contributed by atoms with E-state index in [9.17, 15) is 9.90 Å². The van der Waals surface area contributed by atoms with Crippen LogP contribution in [0.4, 0.5) is 0 Å². The summed E-state index contributed by atoms with van der Waals surface area (Å²) in [6.45, 7) is 0.325. The number of nitriles is 1. The van der Waals surface area contributed by atoms with Crippen LogP contribution in [0.2, 0.25) is 0 Å². The zero-order valence-corrected chi connectivity index (χ0v) is 9.80. The van der Waals surface area contributed by atoms with Crippen molar-refractivity contribution in [2.75, 3.05) is 20.7 Å². The Kier molecular flexibility index (Phi) is 4.35. The van der Waals surface area contributed by atoms with Crippen LogP contribution in [0.1, 0.15) is 16.8 Å². The molecule has 0 saturated heterocycles. The van der Waals surface area contributed by atoms with Crippen LogP contribution in [0.3, 0.4) is 0 Å². The first-order valence-corrected chi connectivity index (χ1v) is 5.10. The Balaban J connectivity index is 2.93.